The molecule has 44 heavy (non-hydrogen) atoms. The van der Waals surface area contributed by atoms with Crippen molar-refractivity contribution in [2.24, 2.45) is 0 Å². The molecular weight excluding hydrogens is 532 g/mol. The van der Waals surface area contributed by atoms with Crippen LogP contribution < -0.4 is 4.90 Å². The number of nitrogens with zero attached hydrogens (tertiary/aromatic N) is 2. The van der Waals surface area contributed by atoms with E-state index in [1.807, 2.05) is 0 Å². The third kappa shape index (κ3) is 3.61. The topological polar surface area (TPSA) is 8.17 Å². The number of fused-ring (bicyclic) bond motifs is 10. The zero-order chi connectivity index (χ0) is 29.0. The van der Waals surface area contributed by atoms with Crippen LogP contribution in [0.1, 0.15) is 0 Å². The Morgan fingerprint density at radius 2 is 0.864 bits per heavy atom. The Hall–Kier alpha value is -5.86. The van der Waals surface area contributed by atoms with Gasteiger partial charge in [0.05, 0.1) is 16.7 Å². The number of hydrogen-bond donors (Lipinski definition) is 0. The number of aromatic nitrogens is 1. The van der Waals surface area contributed by atoms with Gasteiger partial charge in [-0.3, -0.25) is 0 Å². The fraction of sp³-hybridized carbons (Fsp3) is 0. The van der Waals surface area contributed by atoms with Gasteiger partial charge in [-0.25, -0.2) is 0 Å². The first kappa shape index (κ1) is 24.7. The molecule has 206 valence electrons. The molecule has 0 aliphatic rings. The lowest BCUT2D eigenvalue weighted by Crippen LogP contribution is -2.10. The Kier molecular flexibility index (Phi) is 5.54. The van der Waals surface area contributed by atoms with Gasteiger partial charge < -0.3 is 9.47 Å². The van der Waals surface area contributed by atoms with Gasteiger partial charge in [0, 0.05) is 44.0 Å². The number of anilines is 3. The number of rotatable bonds is 4. The summed E-state index contributed by atoms with van der Waals surface area (Å²) in [5, 5.41) is 10.1. The van der Waals surface area contributed by atoms with Gasteiger partial charge in [0.1, 0.15) is 0 Å². The van der Waals surface area contributed by atoms with E-state index >= 15 is 0 Å². The van der Waals surface area contributed by atoms with Crippen LogP contribution in [0.15, 0.2) is 170 Å². The van der Waals surface area contributed by atoms with Gasteiger partial charge in [-0.1, -0.05) is 121 Å². The summed E-state index contributed by atoms with van der Waals surface area (Å²) in [6.07, 6.45) is 0. The first-order valence-electron chi connectivity index (χ1n) is 15.1. The molecule has 0 bridgehead atoms. The van der Waals surface area contributed by atoms with Crippen LogP contribution in [-0.2, 0) is 0 Å². The average Bonchev–Trinajstić information content (AvgIpc) is 3.45. The van der Waals surface area contributed by atoms with Gasteiger partial charge >= 0.3 is 0 Å². The first-order valence-corrected chi connectivity index (χ1v) is 15.1. The molecule has 0 fully saturated rings. The highest BCUT2D eigenvalue weighted by molar-refractivity contribution is 6.38. The van der Waals surface area contributed by atoms with Crippen molar-refractivity contribution in [2.45, 2.75) is 0 Å². The molecule has 0 aliphatic heterocycles. The second-order valence-electron chi connectivity index (χ2n) is 11.3. The molecule has 9 rings (SSSR count). The van der Waals surface area contributed by atoms with Crippen LogP contribution >= 0.6 is 0 Å². The van der Waals surface area contributed by atoms with Crippen LogP contribution in [0.2, 0.25) is 0 Å². The van der Waals surface area contributed by atoms with Crippen molar-refractivity contribution < 1.29 is 0 Å². The molecule has 1 heterocycles. The van der Waals surface area contributed by atoms with E-state index in [2.05, 4.69) is 179 Å². The van der Waals surface area contributed by atoms with Crippen molar-refractivity contribution in [2.75, 3.05) is 4.90 Å². The number of hydrogen-bond acceptors (Lipinski definition) is 1. The molecule has 0 radical (unpaired) electrons. The Balaban J connectivity index is 1.52. The fourth-order valence-electron chi connectivity index (χ4n) is 7.12. The molecule has 0 unspecified atom stereocenters. The lowest BCUT2D eigenvalue weighted by Gasteiger charge is -2.28. The van der Waals surface area contributed by atoms with Crippen LogP contribution in [-0.4, -0.2) is 4.57 Å². The Labute approximate surface area is 255 Å². The molecular formula is C42H28N2. The normalized spacial score (nSPS) is 11.6. The minimum absolute atomic E-state index is 1.13. The third-order valence-corrected chi connectivity index (χ3v) is 8.90. The predicted octanol–water partition coefficient (Wildman–Crippen LogP) is 11.7. The molecule has 0 N–H and O–H groups in total. The highest BCUT2D eigenvalue weighted by Crippen LogP contribution is 2.48. The van der Waals surface area contributed by atoms with E-state index in [-0.39, 0.29) is 0 Å². The molecule has 0 atom stereocenters. The Bertz CT molecular complexity index is 2440. The van der Waals surface area contributed by atoms with Crippen LogP contribution in [0.3, 0.4) is 0 Å². The van der Waals surface area contributed by atoms with Crippen molar-refractivity contribution >= 4 is 71.2 Å². The fourth-order valence-corrected chi connectivity index (χ4v) is 7.12. The SMILES string of the molecule is c1ccc(N(c2ccccc2)c2cc3c4ccccc4c4c(c5ccccc5n4-c4ccccc4)c3c3ccccc23)cc1. The summed E-state index contributed by atoms with van der Waals surface area (Å²) in [7, 11) is 0. The summed E-state index contributed by atoms with van der Waals surface area (Å²) in [5.74, 6) is 0. The maximum atomic E-state index is 2.45. The Morgan fingerprint density at radius 3 is 1.52 bits per heavy atom. The summed E-state index contributed by atoms with van der Waals surface area (Å²) < 4.78 is 2.45. The van der Waals surface area contributed by atoms with E-state index in [1.165, 1.54) is 65.5 Å². The summed E-state index contributed by atoms with van der Waals surface area (Å²) in [4.78, 5) is 2.40. The summed E-state index contributed by atoms with van der Waals surface area (Å²) in [6.45, 7) is 0. The van der Waals surface area contributed by atoms with Gasteiger partial charge in [0.25, 0.3) is 0 Å². The number of benzene rings is 8. The highest BCUT2D eigenvalue weighted by Gasteiger charge is 2.23. The monoisotopic (exact) mass is 560 g/mol. The lowest BCUT2D eigenvalue weighted by molar-refractivity contribution is 1.19. The van der Waals surface area contributed by atoms with E-state index in [1.54, 1.807) is 0 Å². The maximum absolute atomic E-state index is 2.45. The van der Waals surface area contributed by atoms with E-state index in [0.717, 1.165) is 11.4 Å². The number of para-hydroxylation sites is 4. The van der Waals surface area contributed by atoms with Gasteiger partial charge in [0.15, 0.2) is 0 Å². The minimum Gasteiger partial charge on any atom is -0.310 e. The summed E-state index contributed by atoms with van der Waals surface area (Å²) >= 11 is 0. The Morgan fingerprint density at radius 1 is 0.364 bits per heavy atom. The molecule has 8 aromatic carbocycles. The molecule has 2 heteroatoms. The second-order valence-corrected chi connectivity index (χ2v) is 11.3. The molecule has 0 saturated carbocycles. The molecule has 0 spiro atoms. The molecule has 0 saturated heterocycles. The van der Waals surface area contributed by atoms with Gasteiger partial charge in [0.2, 0.25) is 0 Å². The van der Waals surface area contributed by atoms with E-state index in [9.17, 15) is 0 Å². The highest BCUT2D eigenvalue weighted by atomic mass is 15.1. The lowest BCUT2D eigenvalue weighted by atomic mass is 9.91. The van der Waals surface area contributed by atoms with Gasteiger partial charge in [-0.15, -0.1) is 0 Å². The summed E-state index contributed by atoms with van der Waals surface area (Å²) in [6, 6.07) is 61.3. The quantitative estimate of drug-likeness (QED) is 0.194. The van der Waals surface area contributed by atoms with E-state index < -0.39 is 0 Å². The average molecular weight is 561 g/mol. The summed E-state index contributed by atoms with van der Waals surface area (Å²) in [5.41, 5.74) is 7.07. The van der Waals surface area contributed by atoms with Gasteiger partial charge in [-0.2, -0.15) is 0 Å². The van der Waals surface area contributed by atoms with Crippen molar-refractivity contribution in [1.29, 1.82) is 0 Å². The van der Waals surface area contributed by atoms with Crippen LogP contribution in [0.5, 0.6) is 0 Å². The first-order chi connectivity index (χ1) is 21.9. The van der Waals surface area contributed by atoms with Gasteiger partial charge in [-0.05, 0) is 64.7 Å². The van der Waals surface area contributed by atoms with Crippen LogP contribution in [0, 0.1) is 0 Å². The van der Waals surface area contributed by atoms with E-state index in [4.69, 9.17) is 0 Å². The minimum atomic E-state index is 1.13. The zero-order valence-electron chi connectivity index (χ0n) is 24.1. The molecule has 0 amide bonds. The molecule has 1 aromatic heterocycles. The van der Waals surface area contributed by atoms with Crippen molar-refractivity contribution in [1.82, 2.24) is 4.57 Å². The van der Waals surface area contributed by atoms with Crippen LogP contribution in [0.25, 0.3) is 59.8 Å². The molecule has 0 aliphatic carbocycles. The molecule has 9 aromatic rings. The molecule has 2 nitrogen and oxygen atoms in total. The maximum Gasteiger partial charge on any atom is 0.0626 e. The van der Waals surface area contributed by atoms with E-state index in [0.29, 0.717) is 0 Å². The standard InChI is InChI=1S/C42H28N2/c1-4-16-29(17-5-1)43(30-18-6-2-7-19-30)39-28-37-32-22-10-13-25-35(32)42-41(40(37)34-24-12-11-23-33(34)39)36-26-14-15-27-38(36)44(42)31-20-8-3-9-21-31/h1-28H. The zero-order valence-corrected chi connectivity index (χ0v) is 24.1. The van der Waals surface area contributed by atoms with Crippen LogP contribution in [0.4, 0.5) is 17.1 Å². The largest absolute Gasteiger partial charge is 0.310 e. The van der Waals surface area contributed by atoms with Crippen molar-refractivity contribution in [3.05, 3.63) is 170 Å². The predicted molar refractivity (Wildman–Crippen MR) is 188 cm³/mol. The smallest absolute Gasteiger partial charge is 0.0626 e. The second kappa shape index (κ2) is 9.86. The van der Waals surface area contributed by atoms with Crippen molar-refractivity contribution in [3.8, 4) is 5.69 Å². The third-order valence-electron chi connectivity index (χ3n) is 8.90. The van der Waals surface area contributed by atoms with Crippen molar-refractivity contribution in [3.63, 3.8) is 0 Å².